The standard InChI is InChI=1S/C11H23N/c1-8(2)5-11-7-9(3)6-10(4)12-11/h8-12H,5-7H2,1-4H3. The lowest BCUT2D eigenvalue weighted by Gasteiger charge is -2.34. The van der Waals surface area contributed by atoms with E-state index in [1.807, 2.05) is 0 Å². The van der Waals surface area contributed by atoms with Crippen molar-refractivity contribution in [3.63, 3.8) is 0 Å². The highest BCUT2D eigenvalue weighted by molar-refractivity contribution is 4.81. The van der Waals surface area contributed by atoms with E-state index in [1.54, 1.807) is 0 Å². The first-order chi connectivity index (χ1) is 5.58. The van der Waals surface area contributed by atoms with Gasteiger partial charge < -0.3 is 5.32 Å². The van der Waals surface area contributed by atoms with Gasteiger partial charge in [-0.15, -0.1) is 0 Å². The second-order valence-electron chi connectivity index (χ2n) is 4.97. The SMILES string of the molecule is CC(C)CC1CC(C)CC(C)N1. The first-order valence-electron chi connectivity index (χ1n) is 5.34. The summed E-state index contributed by atoms with van der Waals surface area (Å²) >= 11 is 0. The van der Waals surface area contributed by atoms with E-state index in [-0.39, 0.29) is 0 Å². The molecule has 1 aliphatic rings. The third kappa shape index (κ3) is 3.14. The van der Waals surface area contributed by atoms with Gasteiger partial charge in [0.2, 0.25) is 0 Å². The molecule has 12 heavy (non-hydrogen) atoms. The molecule has 1 heteroatoms. The summed E-state index contributed by atoms with van der Waals surface area (Å²) in [4.78, 5) is 0. The molecule has 1 nitrogen and oxygen atoms in total. The fourth-order valence-corrected chi connectivity index (χ4v) is 2.46. The van der Waals surface area contributed by atoms with Crippen LogP contribution in [-0.4, -0.2) is 12.1 Å². The van der Waals surface area contributed by atoms with Crippen molar-refractivity contribution in [1.82, 2.24) is 5.32 Å². The van der Waals surface area contributed by atoms with Gasteiger partial charge in [0.25, 0.3) is 0 Å². The molecule has 3 atom stereocenters. The van der Waals surface area contributed by atoms with Crippen molar-refractivity contribution < 1.29 is 0 Å². The smallest absolute Gasteiger partial charge is 0.00745 e. The zero-order chi connectivity index (χ0) is 9.14. The zero-order valence-electron chi connectivity index (χ0n) is 8.93. The van der Waals surface area contributed by atoms with E-state index >= 15 is 0 Å². The van der Waals surface area contributed by atoms with Crippen LogP contribution in [0.4, 0.5) is 0 Å². The summed E-state index contributed by atoms with van der Waals surface area (Å²) in [6.45, 7) is 9.31. The monoisotopic (exact) mass is 169 g/mol. The van der Waals surface area contributed by atoms with Gasteiger partial charge >= 0.3 is 0 Å². The van der Waals surface area contributed by atoms with E-state index in [0.717, 1.165) is 23.9 Å². The minimum absolute atomic E-state index is 0.734. The maximum Gasteiger partial charge on any atom is 0.00745 e. The van der Waals surface area contributed by atoms with Gasteiger partial charge in [-0.05, 0) is 38.0 Å². The zero-order valence-corrected chi connectivity index (χ0v) is 8.93. The molecular weight excluding hydrogens is 146 g/mol. The minimum Gasteiger partial charge on any atom is -0.311 e. The summed E-state index contributed by atoms with van der Waals surface area (Å²) in [5.74, 6) is 1.75. The molecule has 0 bridgehead atoms. The summed E-state index contributed by atoms with van der Waals surface area (Å²) in [6.07, 6.45) is 4.08. The van der Waals surface area contributed by atoms with E-state index in [9.17, 15) is 0 Å². The van der Waals surface area contributed by atoms with Crippen LogP contribution in [0.5, 0.6) is 0 Å². The molecule has 1 heterocycles. The number of piperidine rings is 1. The quantitative estimate of drug-likeness (QED) is 0.670. The lowest BCUT2D eigenvalue weighted by molar-refractivity contribution is 0.242. The molecule has 72 valence electrons. The van der Waals surface area contributed by atoms with Crippen LogP contribution in [0.15, 0.2) is 0 Å². The molecular formula is C11H23N. The largest absolute Gasteiger partial charge is 0.311 e. The fraction of sp³-hybridized carbons (Fsp3) is 1.00. The van der Waals surface area contributed by atoms with Crippen molar-refractivity contribution in [2.45, 2.75) is 59.0 Å². The molecule has 0 saturated carbocycles. The van der Waals surface area contributed by atoms with Crippen LogP contribution in [0.2, 0.25) is 0 Å². The van der Waals surface area contributed by atoms with Crippen molar-refractivity contribution in [2.75, 3.05) is 0 Å². The van der Waals surface area contributed by atoms with Crippen molar-refractivity contribution in [1.29, 1.82) is 0 Å². The molecule has 1 fully saturated rings. The molecule has 1 N–H and O–H groups in total. The minimum atomic E-state index is 0.734. The number of hydrogen-bond donors (Lipinski definition) is 1. The Balaban J connectivity index is 2.34. The maximum absolute atomic E-state index is 3.68. The van der Waals surface area contributed by atoms with Gasteiger partial charge in [0, 0.05) is 12.1 Å². The Kier molecular flexibility index (Phi) is 3.57. The van der Waals surface area contributed by atoms with Gasteiger partial charge in [-0.2, -0.15) is 0 Å². The van der Waals surface area contributed by atoms with Crippen molar-refractivity contribution in [3.05, 3.63) is 0 Å². The van der Waals surface area contributed by atoms with Crippen LogP contribution in [0.1, 0.15) is 47.0 Å². The summed E-state index contributed by atoms with van der Waals surface area (Å²) < 4.78 is 0. The molecule has 0 aromatic rings. The Morgan fingerprint density at radius 2 is 1.92 bits per heavy atom. The predicted octanol–water partition coefficient (Wildman–Crippen LogP) is 2.81. The average molecular weight is 169 g/mol. The second-order valence-corrected chi connectivity index (χ2v) is 4.97. The molecule has 0 radical (unpaired) electrons. The van der Waals surface area contributed by atoms with Gasteiger partial charge in [-0.25, -0.2) is 0 Å². The third-order valence-electron chi connectivity index (χ3n) is 2.72. The Labute approximate surface area is 76.9 Å². The molecule has 1 aliphatic heterocycles. The molecule has 1 rings (SSSR count). The molecule has 0 aromatic carbocycles. The van der Waals surface area contributed by atoms with E-state index in [4.69, 9.17) is 0 Å². The Bertz CT molecular complexity index is 118. The van der Waals surface area contributed by atoms with Crippen LogP contribution in [-0.2, 0) is 0 Å². The van der Waals surface area contributed by atoms with Gasteiger partial charge in [0.1, 0.15) is 0 Å². The fourth-order valence-electron chi connectivity index (χ4n) is 2.46. The van der Waals surface area contributed by atoms with E-state index in [2.05, 4.69) is 33.0 Å². The number of hydrogen-bond acceptors (Lipinski definition) is 1. The first kappa shape index (κ1) is 10.0. The van der Waals surface area contributed by atoms with Crippen molar-refractivity contribution >= 4 is 0 Å². The maximum atomic E-state index is 3.68. The predicted molar refractivity (Wildman–Crippen MR) is 54.2 cm³/mol. The summed E-state index contributed by atoms with van der Waals surface area (Å²) in [6, 6.07) is 1.52. The molecule has 0 aliphatic carbocycles. The van der Waals surface area contributed by atoms with Crippen LogP contribution >= 0.6 is 0 Å². The topological polar surface area (TPSA) is 12.0 Å². The number of nitrogens with one attached hydrogen (secondary N) is 1. The summed E-state index contributed by atoms with van der Waals surface area (Å²) in [7, 11) is 0. The van der Waals surface area contributed by atoms with E-state index < -0.39 is 0 Å². The van der Waals surface area contributed by atoms with E-state index in [1.165, 1.54) is 19.3 Å². The summed E-state index contributed by atoms with van der Waals surface area (Å²) in [5, 5.41) is 3.68. The van der Waals surface area contributed by atoms with Crippen LogP contribution in [0.25, 0.3) is 0 Å². The van der Waals surface area contributed by atoms with Crippen molar-refractivity contribution in [2.24, 2.45) is 11.8 Å². The lowest BCUT2D eigenvalue weighted by atomic mass is 9.86. The van der Waals surface area contributed by atoms with Crippen molar-refractivity contribution in [3.8, 4) is 0 Å². The highest BCUT2D eigenvalue weighted by atomic mass is 15.0. The average Bonchev–Trinajstić information content (AvgIpc) is 1.81. The van der Waals surface area contributed by atoms with Gasteiger partial charge in [0.15, 0.2) is 0 Å². The Morgan fingerprint density at radius 1 is 1.25 bits per heavy atom. The lowest BCUT2D eigenvalue weighted by Crippen LogP contribution is -2.43. The Hall–Kier alpha value is -0.0400. The second kappa shape index (κ2) is 4.27. The molecule has 3 unspecified atom stereocenters. The molecule has 1 saturated heterocycles. The third-order valence-corrected chi connectivity index (χ3v) is 2.72. The Morgan fingerprint density at radius 3 is 2.42 bits per heavy atom. The van der Waals surface area contributed by atoms with Crippen LogP contribution in [0.3, 0.4) is 0 Å². The number of rotatable bonds is 2. The highest BCUT2D eigenvalue weighted by Gasteiger charge is 2.23. The molecule has 0 spiro atoms. The van der Waals surface area contributed by atoms with Gasteiger partial charge in [-0.3, -0.25) is 0 Å². The normalized spacial score (nSPS) is 37.2. The van der Waals surface area contributed by atoms with Crippen LogP contribution in [0, 0.1) is 11.8 Å². The highest BCUT2D eigenvalue weighted by Crippen LogP contribution is 2.22. The van der Waals surface area contributed by atoms with E-state index in [0.29, 0.717) is 0 Å². The van der Waals surface area contributed by atoms with Crippen LogP contribution < -0.4 is 5.32 Å². The van der Waals surface area contributed by atoms with Gasteiger partial charge in [0.05, 0.1) is 0 Å². The molecule has 0 amide bonds. The molecule has 0 aromatic heterocycles. The van der Waals surface area contributed by atoms with Gasteiger partial charge in [-0.1, -0.05) is 20.8 Å². The first-order valence-corrected chi connectivity index (χ1v) is 5.34. The summed E-state index contributed by atoms with van der Waals surface area (Å²) in [5.41, 5.74) is 0.